The van der Waals surface area contributed by atoms with Gasteiger partial charge in [-0.3, -0.25) is 9.36 Å². The molecule has 2 unspecified atom stereocenters. The first-order valence-corrected chi connectivity index (χ1v) is 12.0. The maximum atomic E-state index is 14.7. The zero-order chi connectivity index (χ0) is 24.7. The fourth-order valence-electron chi connectivity index (χ4n) is 4.63. The average Bonchev–Trinajstić information content (AvgIpc) is 3.38. The zero-order valence-electron chi connectivity index (χ0n) is 18.5. The van der Waals surface area contributed by atoms with Gasteiger partial charge in [-0.25, -0.2) is 14.4 Å². The lowest BCUT2D eigenvalue weighted by atomic mass is 9.85. The number of aromatic nitrogens is 4. The van der Waals surface area contributed by atoms with Crippen LogP contribution in [0.1, 0.15) is 31.7 Å². The topological polar surface area (TPSA) is 140 Å². The number of amides is 1. The molecule has 1 saturated carbocycles. The Bertz CT molecular complexity index is 1240. The fraction of sp³-hybridized carbons (Fsp3) is 0.455. The van der Waals surface area contributed by atoms with Crippen LogP contribution in [0.2, 0.25) is 10.0 Å². The van der Waals surface area contributed by atoms with Crippen LogP contribution in [-0.4, -0.2) is 55.9 Å². The molecule has 0 spiro atoms. The van der Waals surface area contributed by atoms with Crippen LogP contribution < -0.4 is 16.4 Å². The molecule has 5 N–H and O–H groups in total. The van der Waals surface area contributed by atoms with Crippen molar-refractivity contribution in [3.63, 3.8) is 0 Å². The SMILES string of the molecule is NC(=O)[C@H]1CC[C@H](n2c(Nc3c(F)cc(Cl)cc3Cl)nc3cnc(NC4COCC4O)nc32)CC1. The number of aliphatic hydroxyl groups excluding tert-OH is 1. The first-order chi connectivity index (χ1) is 16.8. The van der Waals surface area contributed by atoms with E-state index in [1.165, 1.54) is 6.07 Å². The number of nitrogens with two attached hydrogens (primary N) is 1. The summed E-state index contributed by atoms with van der Waals surface area (Å²) in [4.78, 5) is 25.3. The minimum atomic E-state index is -0.671. The van der Waals surface area contributed by atoms with Crippen molar-refractivity contribution in [1.82, 2.24) is 19.5 Å². The summed E-state index contributed by atoms with van der Waals surface area (Å²) in [5.41, 5.74) is 6.56. The number of hydrogen-bond donors (Lipinski definition) is 4. The number of anilines is 3. The minimum Gasteiger partial charge on any atom is -0.388 e. The molecular weight excluding hydrogens is 500 g/mol. The Labute approximate surface area is 210 Å². The van der Waals surface area contributed by atoms with Gasteiger partial charge >= 0.3 is 0 Å². The maximum absolute atomic E-state index is 14.7. The Kier molecular flexibility index (Phi) is 6.67. The van der Waals surface area contributed by atoms with E-state index in [0.29, 0.717) is 55.4 Å². The van der Waals surface area contributed by atoms with Crippen molar-refractivity contribution in [2.75, 3.05) is 23.8 Å². The Morgan fingerprint density at radius 3 is 2.63 bits per heavy atom. The molecule has 3 aromatic rings. The van der Waals surface area contributed by atoms with Crippen molar-refractivity contribution in [3.05, 3.63) is 34.2 Å². The third-order valence-electron chi connectivity index (χ3n) is 6.51. The molecule has 10 nitrogen and oxygen atoms in total. The summed E-state index contributed by atoms with van der Waals surface area (Å²) in [6.45, 7) is 0.572. The number of aliphatic hydroxyl groups is 1. The number of nitrogens with one attached hydrogen (secondary N) is 2. The number of carbonyl (C=O) groups is 1. The van der Waals surface area contributed by atoms with Crippen LogP contribution in [0.5, 0.6) is 0 Å². The summed E-state index contributed by atoms with van der Waals surface area (Å²) >= 11 is 12.2. The summed E-state index contributed by atoms with van der Waals surface area (Å²) in [5, 5.41) is 16.5. The number of hydrogen-bond acceptors (Lipinski definition) is 8. The van der Waals surface area contributed by atoms with Gasteiger partial charge in [-0.1, -0.05) is 23.2 Å². The highest BCUT2D eigenvalue weighted by Gasteiger charge is 2.30. The molecule has 1 aliphatic carbocycles. The summed E-state index contributed by atoms with van der Waals surface area (Å²) in [5.74, 6) is -0.473. The van der Waals surface area contributed by atoms with E-state index in [-0.39, 0.29) is 46.2 Å². The largest absolute Gasteiger partial charge is 0.388 e. The van der Waals surface area contributed by atoms with Gasteiger partial charge in [-0.2, -0.15) is 4.98 Å². The van der Waals surface area contributed by atoms with E-state index < -0.39 is 11.9 Å². The maximum Gasteiger partial charge on any atom is 0.225 e. The van der Waals surface area contributed by atoms with Gasteiger partial charge in [-0.15, -0.1) is 0 Å². The van der Waals surface area contributed by atoms with Crippen LogP contribution in [0.4, 0.5) is 22.0 Å². The van der Waals surface area contributed by atoms with Gasteiger partial charge in [0, 0.05) is 17.0 Å². The molecule has 2 fully saturated rings. The van der Waals surface area contributed by atoms with Crippen LogP contribution in [0.25, 0.3) is 11.2 Å². The van der Waals surface area contributed by atoms with E-state index in [9.17, 15) is 14.3 Å². The highest BCUT2D eigenvalue weighted by Crippen LogP contribution is 2.38. The van der Waals surface area contributed by atoms with Crippen molar-refractivity contribution < 1.29 is 19.0 Å². The lowest BCUT2D eigenvalue weighted by molar-refractivity contribution is -0.122. The van der Waals surface area contributed by atoms with Gasteiger partial charge in [0.2, 0.25) is 17.8 Å². The Balaban J connectivity index is 1.54. The quantitative estimate of drug-likeness (QED) is 0.385. The van der Waals surface area contributed by atoms with E-state index in [2.05, 4.69) is 25.6 Å². The second-order valence-corrected chi connectivity index (χ2v) is 9.68. The first-order valence-electron chi connectivity index (χ1n) is 11.3. The Morgan fingerprint density at radius 2 is 1.97 bits per heavy atom. The molecule has 1 aromatic carbocycles. The molecule has 2 aliphatic rings. The van der Waals surface area contributed by atoms with Crippen molar-refractivity contribution in [3.8, 4) is 0 Å². The monoisotopic (exact) mass is 523 g/mol. The Morgan fingerprint density at radius 1 is 1.20 bits per heavy atom. The fourth-order valence-corrected chi connectivity index (χ4v) is 5.15. The molecule has 186 valence electrons. The van der Waals surface area contributed by atoms with Gasteiger partial charge in [0.25, 0.3) is 0 Å². The second-order valence-electron chi connectivity index (χ2n) is 8.84. The van der Waals surface area contributed by atoms with Gasteiger partial charge < -0.3 is 26.2 Å². The number of halogens is 3. The third kappa shape index (κ3) is 4.86. The highest BCUT2D eigenvalue weighted by atomic mass is 35.5. The number of carbonyl (C=O) groups excluding carboxylic acids is 1. The molecule has 0 radical (unpaired) electrons. The predicted octanol–water partition coefficient (Wildman–Crippen LogP) is 3.40. The molecular formula is C22H24Cl2FN7O3. The number of fused-ring (bicyclic) bond motifs is 1. The van der Waals surface area contributed by atoms with Gasteiger partial charge in [0.05, 0.1) is 42.3 Å². The number of rotatable bonds is 6. The Hall–Kier alpha value is -2.73. The molecule has 2 aromatic heterocycles. The summed E-state index contributed by atoms with van der Waals surface area (Å²) in [6.07, 6.45) is 3.45. The number of imidazole rings is 1. The molecule has 3 heterocycles. The van der Waals surface area contributed by atoms with Crippen LogP contribution >= 0.6 is 23.2 Å². The summed E-state index contributed by atoms with van der Waals surface area (Å²) in [7, 11) is 0. The summed E-state index contributed by atoms with van der Waals surface area (Å²) < 4.78 is 21.9. The standard InChI is InChI=1S/C22H24Cl2FN7O3/c23-11-5-13(24)18(14(25)6-11)30-22-29-15-7-27-21(28-16-8-35-9-17(16)33)31-20(15)32(22)12-3-1-10(2-4-12)19(26)34/h5-7,10,12,16-17,33H,1-4,8-9H2,(H2,26,34)(H,29,30)(H,27,28,31)/t10-,12-,16?,17?. The van der Waals surface area contributed by atoms with E-state index in [0.717, 1.165) is 6.07 Å². The van der Waals surface area contributed by atoms with Gasteiger partial charge in [0.1, 0.15) is 11.3 Å². The first kappa shape index (κ1) is 24.0. The molecule has 13 heteroatoms. The molecule has 2 atom stereocenters. The lowest BCUT2D eigenvalue weighted by Gasteiger charge is -2.29. The highest BCUT2D eigenvalue weighted by molar-refractivity contribution is 6.36. The molecule has 5 rings (SSSR count). The van der Waals surface area contributed by atoms with Gasteiger partial charge in [0.15, 0.2) is 5.65 Å². The van der Waals surface area contributed by atoms with E-state index in [1.54, 1.807) is 6.20 Å². The van der Waals surface area contributed by atoms with E-state index in [1.807, 2.05) is 4.57 Å². The van der Waals surface area contributed by atoms with Crippen molar-refractivity contribution >= 4 is 57.9 Å². The van der Waals surface area contributed by atoms with Crippen molar-refractivity contribution in [1.29, 1.82) is 0 Å². The van der Waals surface area contributed by atoms with Crippen LogP contribution in [-0.2, 0) is 9.53 Å². The molecule has 1 aliphatic heterocycles. The average molecular weight is 524 g/mol. The number of primary amides is 1. The van der Waals surface area contributed by atoms with Crippen molar-refractivity contribution in [2.45, 2.75) is 43.9 Å². The van der Waals surface area contributed by atoms with E-state index in [4.69, 9.17) is 33.7 Å². The molecule has 0 bridgehead atoms. The lowest BCUT2D eigenvalue weighted by Crippen LogP contribution is -2.32. The van der Waals surface area contributed by atoms with Gasteiger partial charge in [-0.05, 0) is 37.8 Å². The zero-order valence-corrected chi connectivity index (χ0v) is 20.1. The minimum absolute atomic E-state index is 0.0379. The van der Waals surface area contributed by atoms with Crippen molar-refractivity contribution in [2.24, 2.45) is 11.7 Å². The second kappa shape index (κ2) is 9.73. The van der Waals surface area contributed by atoms with Crippen LogP contribution in [0.15, 0.2) is 18.3 Å². The summed E-state index contributed by atoms with van der Waals surface area (Å²) in [6, 6.07) is 2.19. The predicted molar refractivity (Wildman–Crippen MR) is 129 cm³/mol. The van der Waals surface area contributed by atoms with Crippen LogP contribution in [0.3, 0.4) is 0 Å². The molecule has 1 saturated heterocycles. The number of nitrogens with zero attached hydrogens (tertiary/aromatic N) is 4. The molecule has 35 heavy (non-hydrogen) atoms. The normalized spacial score (nSPS) is 24.6. The van der Waals surface area contributed by atoms with Crippen LogP contribution in [0, 0.1) is 11.7 Å². The smallest absolute Gasteiger partial charge is 0.225 e. The third-order valence-corrected chi connectivity index (χ3v) is 7.02. The molecule has 1 amide bonds. The number of ether oxygens (including phenoxy) is 1. The van der Waals surface area contributed by atoms with E-state index >= 15 is 0 Å². The number of benzene rings is 1.